The maximum atomic E-state index is 13.0. The molecule has 1 aliphatic rings. The summed E-state index contributed by atoms with van der Waals surface area (Å²) in [5, 5.41) is 5.61. The van der Waals surface area contributed by atoms with E-state index in [1.54, 1.807) is 36.5 Å². The minimum absolute atomic E-state index is 0.0976. The lowest BCUT2D eigenvalue weighted by Crippen LogP contribution is -2.55. The summed E-state index contributed by atoms with van der Waals surface area (Å²) in [6, 6.07) is 2.72. The van der Waals surface area contributed by atoms with E-state index < -0.39 is 29.4 Å². The first-order valence-electron chi connectivity index (χ1n) is 9.73. The number of ketones is 1. The van der Waals surface area contributed by atoms with E-state index in [1.807, 2.05) is 0 Å². The van der Waals surface area contributed by atoms with E-state index in [0.29, 0.717) is 21.0 Å². The minimum atomic E-state index is -4.45. The van der Waals surface area contributed by atoms with Crippen LogP contribution in [0.2, 0.25) is 0 Å². The lowest BCUT2D eigenvalue weighted by Gasteiger charge is -2.34. The van der Waals surface area contributed by atoms with Crippen molar-refractivity contribution in [1.82, 2.24) is 10.4 Å². The number of alkyl halides is 3. The van der Waals surface area contributed by atoms with Crippen LogP contribution in [-0.2, 0) is 22.1 Å². The predicted molar refractivity (Wildman–Crippen MR) is 117 cm³/mol. The van der Waals surface area contributed by atoms with E-state index in [2.05, 4.69) is 10.4 Å². The molecule has 1 aliphatic heterocycles. The number of aromatic nitrogens is 1. The molecule has 1 N–H and O–H groups in total. The van der Waals surface area contributed by atoms with Gasteiger partial charge >= 0.3 is 12.1 Å². The molecule has 1 atom stereocenters. The first-order valence-corrected chi connectivity index (χ1v) is 11.5. The third-order valence-corrected chi connectivity index (χ3v) is 6.46. The van der Waals surface area contributed by atoms with Crippen LogP contribution < -0.4 is 10.4 Å². The summed E-state index contributed by atoms with van der Waals surface area (Å²) in [4.78, 5) is 29.6. The van der Waals surface area contributed by atoms with Gasteiger partial charge in [0.15, 0.2) is 5.78 Å². The molecule has 0 saturated carbocycles. The second-order valence-electron chi connectivity index (χ2n) is 8.38. The number of nitrogens with one attached hydrogen (secondary N) is 1. The summed E-state index contributed by atoms with van der Waals surface area (Å²) >= 11 is 2.59. The number of hydrazine groups is 1. The van der Waals surface area contributed by atoms with Crippen LogP contribution in [0.15, 0.2) is 29.0 Å². The lowest BCUT2D eigenvalue weighted by atomic mass is 10.0. The number of fused-ring (bicyclic) bond motifs is 2. The number of thiazole rings is 1. The summed E-state index contributed by atoms with van der Waals surface area (Å²) in [6.45, 7) is 5.22. The van der Waals surface area contributed by atoms with Crippen molar-refractivity contribution in [3.8, 4) is 0 Å². The second kappa shape index (κ2) is 8.13. The van der Waals surface area contributed by atoms with Gasteiger partial charge in [0, 0.05) is 17.2 Å². The smallest absolute Gasteiger partial charge is 0.416 e. The van der Waals surface area contributed by atoms with Gasteiger partial charge in [0.2, 0.25) is 0 Å². The van der Waals surface area contributed by atoms with Crippen molar-refractivity contribution in [1.29, 1.82) is 0 Å². The molecule has 1 unspecified atom stereocenters. The molecule has 4 rings (SSSR count). The van der Waals surface area contributed by atoms with Crippen molar-refractivity contribution in [2.75, 3.05) is 11.6 Å². The topological polar surface area (TPSA) is 71.5 Å². The zero-order valence-corrected chi connectivity index (χ0v) is 19.1. The summed E-state index contributed by atoms with van der Waals surface area (Å²) in [5.41, 5.74) is 2.99. The molecule has 170 valence electrons. The molecule has 0 spiro atoms. The summed E-state index contributed by atoms with van der Waals surface area (Å²) in [6.07, 6.45) is -4.27. The Morgan fingerprint density at radius 3 is 2.69 bits per heavy atom. The Bertz CT molecular complexity index is 1180. The molecule has 0 aliphatic carbocycles. The minimum Gasteiger partial charge on any atom is -0.459 e. The molecule has 1 aromatic carbocycles. The van der Waals surface area contributed by atoms with Gasteiger partial charge in [-0.25, -0.2) is 10.4 Å². The molecule has 0 fully saturated rings. The quantitative estimate of drug-likeness (QED) is 0.536. The molecule has 32 heavy (non-hydrogen) atoms. The Hall–Kier alpha value is -2.50. The van der Waals surface area contributed by atoms with Crippen LogP contribution in [0.25, 0.3) is 10.2 Å². The van der Waals surface area contributed by atoms with Gasteiger partial charge in [-0.1, -0.05) is 0 Å². The zero-order valence-electron chi connectivity index (χ0n) is 17.4. The van der Waals surface area contributed by atoms with E-state index in [1.165, 1.54) is 28.7 Å². The van der Waals surface area contributed by atoms with Crippen LogP contribution in [0.1, 0.15) is 41.7 Å². The number of Topliss-reactive ketones (excluding diaryl/α,β-unsaturated/α-hetero) is 1. The number of ether oxygens (including phenoxy) is 1. The van der Waals surface area contributed by atoms with E-state index >= 15 is 0 Å². The summed E-state index contributed by atoms with van der Waals surface area (Å²) < 4.78 is 45.0. The van der Waals surface area contributed by atoms with Crippen LogP contribution >= 0.6 is 22.7 Å². The van der Waals surface area contributed by atoms with Gasteiger partial charge in [-0.05, 0) is 39.0 Å². The number of carbonyl (C=O) groups excluding carboxylic acids is 2. The fourth-order valence-electron chi connectivity index (χ4n) is 3.37. The first kappa shape index (κ1) is 22.7. The predicted octanol–water partition coefficient (Wildman–Crippen LogP) is 4.84. The van der Waals surface area contributed by atoms with E-state index in [4.69, 9.17) is 4.74 Å². The molecule has 0 saturated heterocycles. The van der Waals surface area contributed by atoms with Crippen molar-refractivity contribution in [2.45, 2.75) is 45.0 Å². The van der Waals surface area contributed by atoms with Gasteiger partial charge in [-0.15, -0.1) is 22.7 Å². The summed E-state index contributed by atoms with van der Waals surface area (Å²) in [7, 11) is 0. The Balaban J connectivity index is 1.56. The molecule has 3 aromatic rings. The van der Waals surface area contributed by atoms with Crippen LogP contribution in [0.4, 0.5) is 18.9 Å². The number of nitrogens with zero attached hydrogens (tertiary/aromatic N) is 2. The summed E-state index contributed by atoms with van der Waals surface area (Å²) in [5.74, 6) is -0.605. The lowest BCUT2D eigenvalue weighted by molar-refractivity contribution is -0.153. The fourth-order valence-corrected chi connectivity index (χ4v) is 5.19. The highest BCUT2D eigenvalue weighted by atomic mass is 32.1. The van der Waals surface area contributed by atoms with Crippen molar-refractivity contribution in [2.24, 2.45) is 0 Å². The Labute approximate surface area is 190 Å². The molecule has 0 bridgehead atoms. The van der Waals surface area contributed by atoms with Crippen LogP contribution in [-0.4, -0.2) is 34.9 Å². The zero-order chi connectivity index (χ0) is 23.3. The molecule has 6 nitrogen and oxygen atoms in total. The van der Waals surface area contributed by atoms with Crippen LogP contribution in [0.5, 0.6) is 0 Å². The Morgan fingerprint density at radius 2 is 2.00 bits per heavy atom. The third-order valence-electron chi connectivity index (χ3n) is 4.67. The molecule has 2 aromatic heterocycles. The Morgan fingerprint density at radius 1 is 1.25 bits per heavy atom. The van der Waals surface area contributed by atoms with Crippen molar-refractivity contribution < 1.29 is 27.5 Å². The number of anilines is 1. The average Bonchev–Trinajstić information content (AvgIpc) is 3.29. The van der Waals surface area contributed by atoms with Crippen LogP contribution in [0.3, 0.4) is 0 Å². The average molecular weight is 484 g/mol. The molecule has 3 heterocycles. The highest BCUT2D eigenvalue weighted by molar-refractivity contribution is 7.18. The van der Waals surface area contributed by atoms with Crippen molar-refractivity contribution in [3.05, 3.63) is 45.1 Å². The number of halogens is 3. The van der Waals surface area contributed by atoms with E-state index in [0.717, 1.165) is 12.1 Å². The number of carbonyl (C=O) groups is 2. The number of rotatable bonds is 4. The third kappa shape index (κ3) is 4.79. The molecule has 0 amide bonds. The second-order valence-corrected chi connectivity index (χ2v) is 10.2. The monoisotopic (exact) mass is 483 g/mol. The van der Waals surface area contributed by atoms with Gasteiger partial charge in [-0.3, -0.25) is 14.6 Å². The van der Waals surface area contributed by atoms with Gasteiger partial charge in [-0.2, -0.15) is 13.2 Å². The standard InChI is InChI=1S/C21H20F3N3O3S2/c1-20(2,3)30-18(28)8-27-15-10-31-9-12(15)19(29)14(26-27)7-17-25-13-6-11(21(22,23)24)4-5-16(13)32-17/h4-6,9-10,14,26H,7-8H2,1-3H3. The van der Waals surface area contributed by atoms with Gasteiger partial charge in [0.05, 0.1) is 38.1 Å². The Kier molecular flexibility index (Phi) is 5.76. The SMILES string of the molecule is CC(C)(C)OC(=O)CN1NC(Cc2nc3cc(C(F)(F)F)ccc3s2)C(=O)c2cscc21. The number of benzene rings is 1. The van der Waals surface area contributed by atoms with E-state index in [9.17, 15) is 22.8 Å². The van der Waals surface area contributed by atoms with E-state index in [-0.39, 0.29) is 24.3 Å². The molecule has 11 heteroatoms. The largest absolute Gasteiger partial charge is 0.459 e. The number of hydrogen-bond acceptors (Lipinski definition) is 8. The van der Waals surface area contributed by atoms with Gasteiger partial charge < -0.3 is 4.74 Å². The van der Waals surface area contributed by atoms with Gasteiger partial charge in [0.25, 0.3) is 0 Å². The maximum absolute atomic E-state index is 13.0. The highest BCUT2D eigenvalue weighted by Crippen LogP contribution is 2.34. The fraction of sp³-hybridized carbons (Fsp3) is 0.381. The number of esters is 1. The van der Waals surface area contributed by atoms with Gasteiger partial charge in [0.1, 0.15) is 12.1 Å². The number of thiophene rings is 1. The number of hydrogen-bond donors (Lipinski definition) is 1. The maximum Gasteiger partial charge on any atom is 0.416 e. The molecule has 0 radical (unpaired) electrons. The van der Waals surface area contributed by atoms with Crippen molar-refractivity contribution in [3.63, 3.8) is 0 Å². The van der Waals surface area contributed by atoms with Crippen LogP contribution in [0, 0.1) is 0 Å². The normalized spacial score (nSPS) is 17.0. The first-order chi connectivity index (χ1) is 14.9. The molecular formula is C21H20F3N3O3S2. The molecular weight excluding hydrogens is 463 g/mol. The highest BCUT2D eigenvalue weighted by Gasteiger charge is 2.35. The van der Waals surface area contributed by atoms with Crippen molar-refractivity contribution >= 4 is 50.3 Å².